The maximum absolute atomic E-state index is 13.0. The van der Waals surface area contributed by atoms with Crippen LogP contribution in [0.5, 0.6) is 0 Å². The molecular weight excluding hydrogens is 410 g/mol. The molecule has 3 aromatic rings. The zero-order chi connectivity index (χ0) is 19.4. The van der Waals surface area contributed by atoms with Crippen molar-refractivity contribution in [3.8, 4) is 0 Å². The van der Waals surface area contributed by atoms with Gasteiger partial charge in [0.05, 0.1) is 0 Å². The summed E-state index contributed by atoms with van der Waals surface area (Å²) in [6.07, 6.45) is 0. The molecule has 5 nitrogen and oxygen atoms in total. The number of halogens is 3. The van der Waals surface area contributed by atoms with E-state index in [2.05, 4.69) is 15.5 Å². The summed E-state index contributed by atoms with van der Waals surface area (Å²) < 4.78 is 14.5. The lowest BCUT2D eigenvalue weighted by Crippen LogP contribution is -2.26. The quantitative estimate of drug-likeness (QED) is 0.555. The molecule has 1 N–H and O–H groups in total. The topological polar surface area (TPSA) is 59.8 Å². The minimum Gasteiger partial charge on any atom is -0.334 e. The third kappa shape index (κ3) is 5.00. The van der Waals surface area contributed by atoms with E-state index in [1.807, 2.05) is 6.92 Å². The highest BCUT2D eigenvalue weighted by Gasteiger charge is 2.12. The van der Waals surface area contributed by atoms with Crippen LogP contribution in [-0.4, -0.2) is 14.8 Å². The molecule has 0 spiro atoms. The van der Waals surface area contributed by atoms with Gasteiger partial charge in [-0.05, 0) is 42.8 Å². The summed E-state index contributed by atoms with van der Waals surface area (Å²) >= 11 is 13.3. The lowest BCUT2D eigenvalue weighted by molar-refractivity contribution is 0.597. The van der Waals surface area contributed by atoms with Gasteiger partial charge >= 0.3 is 0 Å². The predicted molar refractivity (Wildman–Crippen MR) is 108 cm³/mol. The summed E-state index contributed by atoms with van der Waals surface area (Å²) in [6.45, 7) is 2.29. The average Bonchev–Trinajstić information content (AvgIpc) is 2.62. The first-order valence-electron chi connectivity index (χ1n) is 8.04. The van der Waals surface area contributed by atoms with Crippen molar-refractivity contribution in [3.05, 3.63) is 74.2 Å². The van der Waals surface area contributed by atoms with Gasteiger partial charge in [-0.2, -0.15) is 0 Å². The molecule has 140 valence electrons. The van der Waals surface area contributed by atoms with E-state index >= 15 is 0 Å². The van der Waals surface area contributed by atoms with Gasteiger partial charge in [0, 0.05) is 28.0 Å². The highest BCUT2D eigenvalue weighted by Crippen LogP contribution is 2.24. The molecular formula is C18H15Cl2FN4OS. The Balaban J connectivity index is 1.82. The van der Waals surface area contributed by atoms with Crippen molar-refractivity contribution in [2.75, 3.05) is 5.32 Å². The number of hydrogen-bond acceptors (Lipinski definition) is 5. The number of hydrogen-bond donors (Lipinski definition) is 1. The Morgan fingerprint density at radius 1 is 1.11 bits per heavy atom. The molecule has 1 aromatic heterocycles. The maximum atomic E-state index is 13.0. The summed E-state index contributed by atoms with van der Waals surface area (Å²) in [7, 11) is 0. The van der Waals surface area contributed by atoms with Crippen LogP contribution in [0.4, 0.5) is 15.9 Å². The minimum absolute atomic E-state index is 0.0846. The standard InChI is InChI=1S/C18H15Cl2FN4OS/c1-2-25-17(26)16(22-15-8-12(19)7-13(20)9-15)23-24-18(25)27-10-11-3-5-14(21)6-4-11/h3-9H,2,10H2,1H3,(H,22,23). The van der Waals surface area contributed by atoms with Gasteiger partial charge in [-0.15, -0.1) is 10.2 Å². The molecule has 0 fully saturated rings. The van der Waals surface area contributed by atoms with E-state index in [0.29, 0.717) is 33.2 Å². The van der Waals surface area contributed by atoms with E-state index in [1.54, 1.807) is 30.3 Å². The molecule has 0 aliphatic heterocycles. The Kier molecular flexibility index (Phi) is 6.36. The SMILES string of the molecule is CCn1c(SCc2ccc(F)cc2)nnc(Nc2cc(Cl)cc(Cl)c2)c1=O. The van der Waals surface area contributed by atoms with Crippen molar-refractivity contribution >= 4 is 46.5 Å². The highest BCUT2D eigenvalue weighted by molar-refractivity contribution is 7.98. The molecule has 27 heavy (non-hydrogen) atoms. The van der Waals surface area contributed by atoms with Crippen LogP contribution in [0.2, 0.25) is 10.0 Å². The van der Waals surface area contributed by atoms with Crippen LogP contribution < -0.4 is 10.9 Å². The number of thioether (sulfide) groups is 1. The first-order chi connectivity index (χ1) is 13.0. The van der Waals surface area contributed by atoms with Crippen molar-refractivity contribution in [1.82, 2.24) is 14.8 Å². The number of aromatic nitrogens is 3. The van der Waals surface area contributed by atoms with Gasteiger partial charge in [0.25, 0.3) is 5.56 Å². The third-order valence-electron chi connectivity index (χ3n) is 3.64. The van der Waals surface area contributed by atoms with Gasteiger partial charge in [-0.1, -0.05) is 47.1 Å². The molecule has 0 saturated carbocycles. The summed E-state index contributed by atoms with van der Waals surface area (Å²) in [5.41, 5.74) is 1.17. The van der Waals surface area contributed by atoms with E-state index in [-0.39, 0.29) is 17.2 Å². The Morgan fingerprint density at radius 2 is 1.78 bits per heavy atom. The average molecular weight is 425 g/mol. The highest BCUT2D eigenvalue weighted by atomic mass is 35.5. The lowest BCUT2D eigenvalue weighted by atomic mass is 10.2. The summed E-state index contributed by atoms with van der Waals surface area (Å²) in [6, 6.07) is 11.1. The van der Waals surface area contributed by atoms with Gasteiger partial charge in [0.15, 0.2) is 5.16 Å². The summed E-state index contributed by atoms with van der Waals surface area (Å²) in [5, 5.41) is 12.4. The molecule has 0 atom stereocenters. The van der Waals surface area contributed by atoms with Gasteiger partial charge in [-0.25, -0.2) is 4.39 Å². The van der Waals surface area contributed by atoms with Crippen molar-refractivity contribution in [1.29, 1.82) is 0 Å². The predicted octanol–water partition coefficient (Wildman–Crippen LogP) is 5.14. The van der Waals surface area contributed by atoms with Gasteiger partial charge in [0.1, 0.15) is 5.82 Å². The minimum atomic E-state index is -0.301. The zero-order valence-electron chi connectivity index (χ0n) is 14.2. The van der Waals surface area contributed by atoms with Crippen LogP contribution >= 0.6 is 35.0 Å². The fraction of sp³-hybridized carbons (Fsp3) is 0.167. The molecule has 9 heteroatoms. The first-order valence-corrected chi connectivity index (χ1v) is 9.78. The zero-order valence-corrected chi connectivity index (χ0v) is 16.6. The number of nitrogens with zero attached hydrogens (tertiary/aromatic N) is 3. The Morgan fingerprint density at radius 3 is 2.41 bits per heavy atom. The lowest BCUT2D eigenvalue weighted by Gasteiger charge is -2.11. The molecule has 2 aromatic carbocycles. The van der Waals surface area contributed by atoms with Crippen LogP contribution in [0.1, 0.15) is 12.5 Å². The monoisotopic (exact) mass is 424 g/mol. The van der Waals surface area contributed by atoms with E-state index in [1.165, 1.54) is 28.5 Å². The fourth-order valence-corrected chi connectivity index (χ4v) is 3.84. The van der Waals surface area contributed by atoms with Crippen molar-refractivity contribution in [3.63, 3.8) is 0 Å². The van der Waals surface area contributed by atoms with Gasteiger partial charge in [0.2, 0.25) is 5.82 Å². The van der Waals surface area contributed by atoms with Gasteiger partial charge in [-0.3, -0.25) is 9.36 Å². The molecule has 0 saturated heterocycles. The van der Waals surface area contributed by atoms with Crippen LogP contribution in [0.25, 0.3) is 0 Å². The molecule has 0 aliphatic carbocycles. The second-order valence-electron chi connectivity index (χ2n) is 5.58. The third-order valence-corrected chi connectivity index (χ3v) is 5.11. The van der Waals surface area contributed by atoms with Crippen molar-refractivity contribution in [2.24, 2.45) is 0 Å². The number of anilines is 2. The molecule has 3 rings (SSSR count). The van der Waals surface area contributed by atoms with Crippen LogP contribution in [0, 0.1) is 5.82 Å². The van der Waals surface area contributed by atoms with Crippen LogP contribution in [0.15, 0.2) is 52.4 Å². The Labute approximate surface area is 169 Å². The number of benzene rings is 2. The molecule has 0 unspecified atom stereocenters. The van der Waals surface area contributed by atoms with E-state index in [4.69, 9.17) is 23.2 Å². The molecule has 0 amide bonds. The van der Waals surface area contributed by atoms with Crippen LogP contribution in [0.3, 0.4) is 0 Å². The normalized spacial score (nSPS) is 10.8. The molecule has 0 aliphatic rings. The second-order valence-corrected chi connectivity index (χ2v) is 7.39. The fourth-order valence-electron chi connectivity index (χ4n) is 2.36. The molecule has 0 bridgehead atoms. The Bertz CT molecular complexity index is 991. The van der Waals surface area contributed by atoms with Crippen molar-refractivity contribution < 1.29 is 4.39 Å². The maximum Gasteiger partial charge on any atom is 0.297 e. The van der Waals surface area contributed by atoms with E-state index in [0.717, 1.165) is 5.56 Å². The van der Waals surface area contributed by atoms with E-state index in [9.17, 15) is 9.18 Å². The summed E-state index contributed by atoms with van der Waals surface area (Å²) in [5.74, 6) is 0.345. The largest absolute Gasteiger partial charge is 0.334 e. The second kappa shape index (κ2) is 8.73. The summed E-state index contributed by atoms with van der Waals surface area (Å²) in [4.78, 5) is 12.7. The molecule has 1 heterocycles. The Hall–Kier alpha value is -2.09. The van der Waals surface area contributed by atoms with Gasteiger partial charge < -0.3 is 5.32 Å². The first kappa shape index (κ1) is 19.7. The van der Waals surface area contributed by atoms with Crippen molar-refractivity contribution in [2.45, 2.75) is 24.4 Å². The number of nitrogens with one attached hydrogen (secondary N) is 1. The number of rotatable bonds is 6. The van der Waals surface area contributed by atoms with E-state index < -0.39 is 0 Å². The van der Waals surface area contributed by atoms with Crippen LogP contribution in [-0.2, 0) is 12.3 Å². The molecule has 0 radical (unpaired) electrons. The smallest absolute Gasteiger partial charge is 0.297 e.